The van der Waals surface area contributed by atoms with Gasteiger partial charge in [0.05, 0.1) is 30.2 Å². The molecule has 2 amide bonds. The Balaban J connectivity index is 1.74. The van der Waals surface area contributed by atoms with Crippen LogP contribution in [0.1, 0.15) is 6.92 Å². The Labute approximate surface area is 163 Å². The first kappa shape index (κ1) is 18.1. The Morgan fingerprint density at radius 1 is 1.04 bits per heavy atom. The zero-order chi connectivity index (χ0) is 19.2. The quantitative estimate of drug-likeness (QED) is 0.730. The lowest BCUT2D eigenvalue weighted by molar-refractivity contribution is 0.255. The summed E-state index contributed by atoms with van der Waals surface area (Å²) in [6.07, 6.45) is 0. The van der Waals surface area contributed by atoms with Gasteiger partial charge < -0.3 is 4.74 Å². The van der Waals surface area contributed by atoms with Crippen LogP contribution in [0.3, 0.4) is 0 Å². The van der Waals surface area contributed by atoms with Gasteiger partial charge in [-0.15, -0.1) is 0 Å². The first-order chi connectivity index (χ1) is 12.9. The average Bonchev–Trinajstić information content (AvgIpc) is 3.04. The zero-order valence-corrected chi connectivity index (χ0v) is 16.3. The first-order valence-electron chi connectivity index (χ1n) is 8.71. The van der Waals surface area contributed by atoms with Gasteiger partial charge in [0.15, 0.2) is 9.84 Å². The highest BCUT2D eigenvalue weighted by molar-refractivity contribution is 7.91. The summed E-state index contributed by atoms with van der Waals surface area (Å²) in [5, 5.41) is 0.497. The molecule has 0 aromatic heterocycles. The molecule has 4 rings (SSSR count). The predicted octanol–water partition coefficient (Wildman–Crippen LogP) is 3.35. The SMILES string of the molecule is CCOc1ccc(N2C(=O)N(c3cccc(Cl)c3)[C@@H]3CS(=O)(=O)C[C@H]32)cc1. The minimum Gasteiger partial charge on any atom is -0.494 e. The summed E-state index contributed by atoms with van der Waals surface area (Å²) in [6, 6.07) is 13.0. The number of benzene rings is 2. The van der Waals surface area contributed by atoms with Gasteiger partial charge in [0.2, 0.25) is 0 Å². The van der Waals surface area contributed by atoms with Gasteiger partial charge in [-0.3, -0.25) is 9.80 Å². The van der Waals surface area contributed by atoms with Crippen molar-refractivity contribution in [2.75, 3.05) is 27.9 Å². The second kappa shape index (κ2) is 6.73. The third-order valence-corrected chi connectivity index (χ3v) is 6.82. The molecule has 0 N–H and O–H groups in total. The number of hydrogen-bond donors (Lipinski definition) is 0. The van der Waals surface area contributed by atoms with Crippen molar-refractivity contribution in [1.82, 2.24) is 0 Å². The fourth-order valence-corrected chi connectivity index (χ4v) is 5.91. The lowest BCUT2D eigenvalue weighted by Crippen LogP contribution is -2.37. The van der Waals surface area contributed by atoms with Crippen molar-refractivity contribution in [2.24, 2.45) is 0 Å². The summed E-state index contributed by atoms with van der Waals surface area (Å²) < 4.78 is 30.0. The van der Waals surface area contributed by atoms with E-state index in [1.807, 2.05) is 6.92 Å². The van der Waals surface area contributed by atoms with E-state index in [0.717, 1.165) is 0 Å². The molecule has 2 saturated heterocycles. The Morgan fingerprint density at radius 2 is 1.67 bits per heavy atom. The lowest BCUT2D eigenvalue weighted by atomic mass is 10.1. The number of fused-ring (bicyclic) bond motifs is 1. The Hall–Kier alpha value is -2.25. The van der Waals surface area contributed by atoms with E-state index in [1.165, 1.54) is 0 Å². The molecular formula is C19H19ClN2O4S. The molecular weight excluding hydrogens is 388 g/mol. The lowest BCUT2D eigenvalue weighted by Gasteiger charge is -2.23. The number of halogens is 1. The number of ether oxygens (including phenoxy) is 1. The van der Waals surface area contributed by atoms with Gasteiger partial charge in [-0.1, -0.05) is 17.7 Å². The van der Waals surface area contributed by atoms with Crippen LogP contribution >= 0.6 is 11.6 Å². The predicted molar refractivity (Wildman–Crippen MR) is 106 cm³/mol. The van der Waals surface area contributed by atoms with E-state index in [0.29, 0.717) is 28.8 Å². The van der Waals surface area contributed by atoms with Crippen LogP contribution in [-0.4, -0.2) is 44.6 Å². The van der Waals surface area contributed by atoms with Crippen molar-refractivity contribution < 1.29 is 17.9 Å². The van der Waals surface area contributed by atoms with Gasteiger partial charge in [-0.2, -0.15) is 0 Å². The van der Waals surface area contributed by atoms with Crippen LogP contribution in [0, 0.1) is 0 Å². The van der Waals surface area contributed by atoms with E-state index in [4.69, 9.17) is 16.3 Å². The molecule has 0 saturated carbocycles. The van der Waals surface area contributed by atoms with E-state index in [1.54, 1.807) is 58.3 Å². The molecule has 0 unspecified atom stereocenters. The fraction of sp³-hybridized carbons (Fsp3) is 0.316. The molecule has 2 aliphatic heterocycles. The van der Waals surface area contributed by atoms with Gasteiger partial charge in [0.1, 0.15) is 5.75 Å². The summed E-state index contributed by atoms with van der Waals surface area (Å²) in [4.78, 5) is 16.4. The van der Waals surface area contributed by atoms with Crippen LogP contribution in [0.2, 0.25) is 5.02 Å². The molecule has 0 bridgehead atoms. The molecule has 2 aliphatic rings. The van der Waals surface area contributed by atoms with E-state index >= 15 is 0 Å². The highest BCUT2D eigenvalue weighted by Gasteiger charge is 2.54. The number of amides is 2. The maximum Gasteiger partial charge on any atom is 0.329 e. The molecule has 2 atom stereocenters. The van der Waals surface area contributed by atoms with Gasteiger partial charge >= 0.3 is 6.03 Å². The second-order valence-electron chi connectivity index (χ2n) is 6.64. The number of nitrogens with zero attached hydrogens (tertiary/aromatic N) is 2. The molecule has 0 aliphatic carbocycles. The number of rotatable bonds is 4. The number of carbonyl (C=O) groups excluding carboxylic acids is 1. The highest BCUT2D eigenvalue weighted by atomic mass is 35.5. The minimum absolute atomic E-state index is 0.0479. The maximum atomic E-state index is 13.2. The zero-order valence-electron chi connectivity index (χ0n) is 14.7. The van der Waals surface area contributed by atoms with Crippen molar-refractivity contribution in [3.8, 4) is 5.75 Å². The molecule has 8 heteroatoms. The smallest absolute Gasteiger partial charge is 0.329 e. The highest BCUT2D eigenvalue weighted by Crippen LogP contribution is 2.38. The molecule has 2 heterocycles. The van der Waals surface area contributed by atoms with Crippen molar-refractivity contribution in [2.45, 2.75) is 19.0 Å². The fourth-order valence-electron chi connectivity index (χ4n) is 3.80. The van der Waals surface area contributed by atoms with Crippen molar-refractivity contribution >= 4 is 38.8 Å². The summed E-state index contributed by atoms with van der Waals surface area (Å²) >= 11 is 6.09. The molecule has 0 radical (unpaired) electrons. The molecule has 27 heavy (non-hydrogen) atoms. The molecule has 0 spiro atoms. The van der Waals surface area contributed by atoms with Crippen molar-refractivity contribution in [1.29, 1.82) is 0 Å². The average molecular weight is 407 g/mol. The summed E-state index contributed by atoms with van der Waals surface area (Å²) in [5.74, 6) is 0.604. The van der Waals surface area contributed by atoms with Gasteiger partial charge in [0, 0.05) is 16.4 Å². The molecule has 2 aromatic carbocycles. The van der Waals surface area contributed by atoms with E-state index in [-0.39, 0.29) is 17.5 Å². The Morgan fingerprint density at radius 3 is 2.26 bits per heavy atom. The van der Waals surface area contributed by atoms with Crippen LogP contribution in [-0.2, 0) is 9.84 Å². The first-order valence-corrected chi connectivity index (χ1v) is 10.9. The van der Waals surface area contributed by atoms with Crippen molar-refractivity contribution in [3.05, 3.63) is 53.6 Å². The van der Waals surface area contributed by atoms with Crippen LogP contribution in [0.5, 0.6) is 5.75 Å². The van der Waals surface area contributed by atoms with Crippen molar-refractivity contribution in [3.63, 3.8) is 0 Å². The number of hydrogen-bond acceptors (Lipinski definition) is 4. The number of anilines is 2. The molecule has 2 aromatic rings. The Bertz CT molecular complexity index is 977. The number of urea groups is 1. The van der Waals surface area contributed by atoms with Gasteiger partial charge in [-0.25, -0.2) is 13.2 Å². The number of sulfone groups is 1. The standard InChI is InChI=1S/C19H19ClN2O4S/c1-2-26-16-8-6-14(7-9-16)21-17-11-27(24,25)12-18(17)22(19(21)23)15-5-3-4-13(20)10-15/h3-10,17-18H,2,11-12H2,1H3/t17-,18-/m1/s1. The third kappa shape index (κ3) is 3.26. The van der Waals surface area contributed by atoms with Crippen LogP contribution in [0.15, 0.2) is 48.5 Å². The van der Waals surface area contributed by atoms with Gasteiger partial charge in [-0.05, 0) is 49.4 Å². The Kier molecular flexibility index (Phi) is 4.52. The minimum atomic E-state index is -3.23. The maximum absolute atomic E-state index is 13.2. The largest absolute Gasteiger partial charge is 0.494 e. The third-order valence-electron chi connectivity index (χ3n) is 4.88. The van der Waals surface area contributed by atoms with Crippen LogP contribution in [0.25, 0.3) is 0 Å². The topological polar surface area (TPSA) is 66.9 Å². The summed E-state index contributed by atoms with van der Waals surface area (Å²) in [5.41, 5.74) is 1.26. The van der Waals surface area contributed by atoms with Gasteiger partial charge in [0.25, 0.3) is 0 Å². The molecule has 142 valence electrons. The monoisotopic (exact) mass is 406 g/mol. The second-order valence-corrected chi connectivity index (χ2v) is 9.23. The summed E-state index contributed by atoms with van der Waals surface area (Å²) in [6.45, 7) is 2.45. The number of carbonyl (C=O) groups is 1. The molecule has 2 fully saturated rings. The van der Waals surface area contributed by atoms with E-state index in [2.05, 4.69) is 0 Å². The van der Waals surface area contributed by atoms with Crippen LogP contribution < -0.4 is 14.5 Å². The van der Waals surface area contributed by atoms with E-state index < -0.39 is 21.9 Å². The van der Waals surface area contributed by atoms with Crippen LogP contribution in [0.4, 0.5) is 16.2 Å². The molecule has 6 nitrogen and oxygen atoms in total. The summed E-state index contributed by atoms with van der Waals surface area (Å²) in [7, 11) is -3.23. The normalized spacial score (nSPS) is 23.6. The van der Waals surface area contributed by atoms with E-state index in [9.17, 15) is 13.2 Å².